The van der Waals surface area contributed by atoms with E-state index in [9.17, 15) is 23.4 Å². The van der Waals surface area contributed by atoms with Crippen LogP contribution in [-0.2, 0) is 20.1 Å². The van der Waals surface area contributed by atoms with Crippen LogP contribution in [0.4, 0.5) is 5.82 Å². The fourth-order valence-electron chi connectivity index (χ4n) is 4.19. The molecule has 1 unspecified atom stereocenters. The van der Waals surface area contributed by atoms with Crippen LogP contribution in [0.15, 0.2) is 52.7 Å². The zero-order valence-electron chi connectivity index (χ0n) is 19.2. The Morgan fingerprint density at radius 3 is 2.83 bits per heavy atom. The van der Waals surface area contributed by atoms with Gasteiger partial charge in [0.15, 0.2) is 0 Å². The Bertz CT molecular complexity index is 1360. The number of rotatable bonds is 9. The molecule has 0 spiro atoms. The average molecular weight is 598 g/mol. The molecule has 3 aromatic rings. The molecular formula is C23H25BrN4O6S2. The lowest BCUT2D eigenvalue weighted by Crippen LogP contribution is -2.24. The fraction of sp³-hybridized carbons (Fsp3) is 0.348. The van der Waals surface area contributed by atoms with Crippen LogP contribution in [-0.4, -0.2) is 53.1 Å². The molecule has 0 aliphatic heterocycles. The van der Waals surface area contributed by atoms with E-state index in [-0.39, 0.29) is 24.0 Å². The molecule has 1 aliphatic carbocycles. The second-order valence-corrected chi connectivity index (χ2v) is 11.9. The molecule has 0 saturated heterocycles. The standard InChI is InChI=1S/C23H25BrN4O6S2/c1-23(31,14-3-2-4-16(24)6-14)15-7-20(35-11-15)21(30)18-9-26-12-27-22(18)28-17-5-13(19(29)8-17)10-34-36(25,32)33/h2-4,6-7,9,11-13,17,19,29,31H,5,8,10H2,1H3,(H2,25,32,33)(H,26,27,28)/t13-,17-,19+,23?/m1/s1. The van der Waals surface area contributed by atoms with Crippen molar-refractivity contribution in [2.45, 2.75) is 37.5 Å². The number of ketones is 1. The van der Waals surface area contributed by atoms with Crippen molar-refractivity contribution < 1.29 is 27.6 Å². The highest BCUT2D eigenvalue weighted by molar-refractivity contribution is 9.10. The first-order valence-corrected chi connectivity index (χ1v) is 14.1. The van der Waals surface area contributed by atoms with Gasteiger partial charge in [-0.3, -0.25) is 8.98 Å². The van der Waals surface area contributed by atoms with Crippen molar-refractivity contribution in [3.63, 3.8) is 0 Å². The highest BCUT2D eigenvalue weighted by Crippen LogP contribution is 2.35. The Balaban J connectivity index is 1.50. The molecule has 2 aromatic heterocycles. The van der Waals surface area contributed by atoms with Gasteiger partial charge in [-0.1, -0.05) is 28.1 Å². The maximum Gasteiger partial charge on any atom is 0.333 e. The van der Waals surface area contributed by atoms with Gasteiger partial charge in [-0.25, -0.2) is 15.1 Å². The first-order valence-electron chi connectivity index (χ1n) is 11.0. The summed E-state index contributed by atoms with van der Waals surface area (Å²) in [4.78, 5) is 22.0. The van der Waals surface area contributed by atoms with Crippen molar-refractivity contribution in [1.82, 2.24) is 9.97 Å². The zero-order valence-corrected chi connectivity index (χ0v) is 22.4. The zero-order chi connectivity index (χ0) is 26.1. The van der Waals surface area contributed by atoms with Crippen LogP contribution in [0.1, 0.15) is 46.1 Å². The molecule has 0 bridgehead atoms. The van der Waals surface area contributed by atoms with E-state index < -0.39 is 27.9 Å². The molecule has 5 N–H and O–H groups in total. The van der Waals surface area contributed by atoms with Crippen LogP contribution in [0.2, 0.25) is 0 Å². The third-order valence-electron chi connectivity index (χ3n) is 6.17. The third kappa shape index (κ3) is 6.17. The lowest BCUT2D eigenvalue weighted by molar-refractivity contribution is 0.100. The van der Waals surface area contributed by atoms with Gasteiger partial charge in [0.25, 0.3) is 0 Å². The van der Waals surface area contributed by atoms with Gasteiger partial charge in [0, 0.05) is 22.6 Å². The topological polar surface area (TPSA) is 165 Å². The summed E-state index contributed by atoms with van der Waals surface area (Å²) in [7, 11) is -4.10. The van der Waals surface area contributed by atoms with Crippen LogP contribution in [0.25, 0.3) is 0 Å². The van der Waals surface area contributed by atoms with Crippen molar-refractivity contribution in [1.29, 1.82) is 0 Å². The molecule has 4 rings (SSSR count). The summed E-state index contributed by atoms with van der Waals surface area (Å²) in [5.41, 5.74) is 0.199. The lowest BCUT2D eigenvalue weighted by atomic mass is 9.90. The predicted molar refractivity (Wildman–Crippen MR) is 138 cm³/mol. The monoisotopic (exact) mass is 596 g/mol. The summed E-state index contributed by atoms with van der Waals surface area (Å²) in [5, 5.41) is 31.3. The minimum Gasteiger partial charge on any atom is -0.393 e. The highest BCUT2D eigenvalue weighted by atomic mass is 79.9. The summed E-state index contributed by atoms with van der Waals surface area (Å²) < 4.78 is 27.6. The number of hydrogen-bond donors (Lipinski definition) is 4. The fourth-order valence-corrected chi connectivity index (χ4v) is 5.91. The maximum absolute atomic E-state index is 13.4. The number of hydrogen-bond acceptors (Lipinski definition) is 10. The summed E-state index contributed by atoms with van der Waals surface area (Å²) in [5.74, 6) is -0.456. The van der Waals surface area contributed by atoms with E-state index in [2.05, 4.69) is 35.4 Å². The van der Waals surface area contributed by atoms with Crippen LogP contribution in [0.3, 0.4) is 0 Å². The van der Waals surface area contributed by atoms with Gasteiger partial charge < -0.3 is 15.5 Å². The molecule has 1 aliphatic rings. The molecule has 36 heavy (non-hydrogen) atoms. The molecular weight excluding hydrogens is 572 g/mol. The van der Waals surface area contributed by atoms with Gasteiger partial charge >= 0.3 is 10.3 Å². The molecule has 2 heterocycles. The molecule has 13 heteroatoms. The van der Waals surface area contributed by atoms with E-state index in [0.717, 1.165) is 4.47 Å². The maximum atomic E-state index is 13.4. The molecule has 1 saturated carbocycles. The number of benzene rings is 1. The van der Waals surface area contributed by atoms with Crippen molar-refractivity contribution >= 4 is 49.2 Å². The van der Waals surface area contributed by atoms with Crippen LogP contribution in [0, 0.1) is 5.92 Å². The van der Waals surface area contributed by atoms with Crippen LogP contribution in [0.5, 0.6) is 0 Å². The van der Waals surface area contributed by atoms with Crippen LogP contribution >= 0.6 is 27.3 Å². The summed E-state index contributed by atoms with van der Waals surface area (Å²) in [6.07, 6.45) is 2.63. The minimum absolute atomic E-state index is 0.233. The molecule has 0 amide bonds. The Kier molecular flexibility index (Phi) is 7.90. The summed E-state index contributed by atoms with van der Waals surface area (Å²) in [6, 6.07) is 8.72. The van der Waals surface area contributed by atoms with Crippen molar-refractivity contribution in [3.05, 3.63) is 74.3 Å². The molecule has 0 radical (unpaired) electrons. The molecule has 1 aromatic carbocycles. The van der Waals surface area contributed by atoms with E-state index in [1.54, 1.807) is 18.4 Å². The number of aliphatic hydroxyl groups excluding tert-OH is 1. The predicted octanol–water partition coefficient (Wildman–Crippen LogP) is 2.56. The number of nitrogens with one attached hydrogen (secondary N) is 1. The van der Waals surface area contributed by atoms with Gasteiger partial charge in [0.1, 0.15) is 17.7 Å². The smallest absolute Gasteiger partial charge is 0.333 e. The van der Waals surface area contributed by atoms with Gasteiger partial charge in [-0.05, 0) is 54.5 Å². The summed E-state index contributed by atoms with van der Waals surface area (Å²) >= 11 is 4.63. The number of nitrogens with two attached hydrogens (primary N) is 1. The number of halogens is 1. The normalized spacial score (nSPS) is 21.8. The third-order valence-corrected chi connectivity index (χ3v) is 8.06. The largest absolute Gasteiger partial charge is 0.393 e. The number of anilines is 1. The second kappa shape index (κ2) is 10.6. The van der Waals surface area contributed by atoms with Crippen LogP contribution < -0.4 is 10.5 Å². The Hall–Kier alpha value is -2.26. The molecule has 10 nitrogen and oxygen atoms in total. The lowest BCUT2D eigenvalue weighted by Gasteiger charge is -2.23. The molecule has 4 atom stereocenters. The second-order valence-electron chi connectivity index (χ2n) is 8.81. The van der Waals surface area contributed by atoms with Crippen molar-refractivity contribution in [3.8, 4) is 0 Å². The van der Waals surface area contributed by atoms with E-state index in [1.807, 2.05) is 24.3 Å². The van der Waals surface area contributed by atoms with Crippen molar-refractivity contribution in [2.75, 3.05) is 11.9 Å². The number of thiophene rings is 1. The van der Waals surface area contributed by atoms with Gasteiger partial charge in [-0.15, -0.1) is 11.3 Å². The molecule has 192 valence electrons. The Morgan fingerprint density at radius 1 is 1.33 bits per heavy atom. The number of aliphatic hydroxyl groups is 2. The van der Waals surface area contributed by atoms with Crippen molar-refractivity contribution in [2.24, 2.45) is 11.1 Å². The van der Waals surface area contributed by atoms with Gasteiger partial charge in [-0.2, -0.15) is 8.42 Å². The number of nitrogens with zero attached hydrogens (tertiary/aromatic N) is 2. The Labute approximate surface area is 220 Å². The number of carbonyl (C=O) groups excluding carboxylic acids is 1. The van der Waals surface area contributed by atoms with Gasteiger partial charge in [0.2, 0.25) is 5.78 Å². The van der Waals surface area contributed by atoms with Gasteiger partial charge in [0.05, 0.1) is 23.2 Å². The quantitative estimate of drug-likeness (QED) is 0.271. The Morgan fingerprint density at radius 2 is 2.11 bits per heavy atom. The first kappa shape index (κ1) is 26.8. The first-order chi connectivity index (χ1) is 16.9. The van der Waals surface area contributed by atoms with E-state index in [4.69, 9.17) is 5.14 Å². The van der Waals surface area contributed by atoms with E-state index >= 15 is 0 Å². The number of aromatic nitrogens is 2. The number of carbonyl (C=O) groups is 1. The minimum atomic E-state index is -4.10. The highest BCUT2D eigenvalue weighted by Gasteiger charge is 2.35. The average Bonchev–Trinajstić information content (AvgIpc) is 3.44. The summed E-state index contributed by atoms with van der Waals surface area (Å²) in [6.45, 7) is 1.44. The SMILES string of the molecule is CC(O)(c1cccc(Br)c1)c1csc(C(=O)c2cncnc2N[C@@H]2C[C@H](COS(N)(=O)=O)[C@@H](O)C2)c1. The molecule has 1 fully saturated rings. The van der Waals surface area contributed by atoms with E-state index in [0.29, 0.717) is 34.7 Å². The van der Waals surface area contributed by atoms with E-state index in [1.165, 1.54) is 23.9 Å².